The van der Waals surface area contributed by atoms with E-state index in [1.165, 1.54) is 12.3 Å². The summed E-state index contributed by atoms with van der Waals surface area (Å²) in [6.07, 6.45) is 1.39. The van der Waals surface area contributed by atoms with Crippen LogP contribution in [0.5, 0.6) is 0 Å². The Labute approximate surface area is 120 Å². The lowest BCUT2D eigenvalue weighted by atomic mass is 10.2. The molecule has 0 aliphatic heterocycles. The van der Waals surface area contributed by atoms with Gasteiger partial charge < -0.3 is 5.73 Å². The summed E-state index contributed by atoms with van der Waals surface area (Å²) in [7, 11) is -3.78. The lowest BCUT2D eigenvalue weighted by molar-refractivity contribution is 0.598. The second-order valence-electron chi connectivity index (χ2n) is 3.97. The van der Waals surface area contributed by atoms with Crippen molar-refractivity contribution in [1.82, 2.24) is 4.98 Å². The van der Waals surface area contributed by atoms with E-state index in [0.717, 1.165) is 10.0 Å². The second-order valence-corrected chi connectivity index (χ2v) is 6.42. The minimum absolute atomic E-state index is 0.115. The molecule has 0 aliphatic carbocycles. The summed E-state index contributed by atoms with van der Waals surface area (Å²) >= 11 is 3.36. The number of sulfonamides is 1. The molecule has 0 saturated heterocycles. The molecule has 0 fully saturated rings. The topological polar surface area (TPSA) is 85.1 Å². The Morgan fingerprint density at radius 2 is 2.05 bits per heavy atom. The first-order valence-electron chi connectivity index (χ1n) is 5.39. The van der Waals surface area contributed by atoms with Crippen molar-refractivity contribution in [3.05, 3.63) is 46.6 Å². The first-order valence-corrected chi connectivity index (χ1v) is 7.67. The molecule has 0 radical (unpaired) electrons. The molecule has 5 nitrogen and oxygen atoms in total. The molecule has 3 N–H and O–H groups in total. The number of nitrogen functional groups attached to an aromatic ring is 1. The van der Waals surface area contributed by atoms with Crippen molar-refractivity contribution in [3.8, 4) is 0 Å². The van der Waals surface area contributed by atoms with Crippen LogP contribution in [0.4, 0.5) is 11.4 Å². The number of halogens is 1. The summed E-state index contributed by atoms with van der Waals surface area (Å²) in [4.78, 5) is 3.80. The van der Waals surface area contributed by atoms with Gasteiger partial charge in [0, 0.05) is 16.4 Å². The van der Waals surface area contributed by atoms with Crippen LogP contribution in [-0.2, 0) is 10.0 Å². The average molecular weight is 342 g/mol. The highest BCUT2D eigenvalue weighted by Crippen LogP contribution is 2.23. The Hall–Kier alpha value is -1.60. The van der Waals surface area contributed by atoms with Gasteiger partial charge in [-0.25, -0.2) is 4.98 Å². The Morgan fingerprint density at radius 1 is 1.32 bits per heavy atom. The fraction of sp³-hybridized carbons (Fsp3) is 0.0833. The molecule has 0 atom stereocenters. The highest BCUT2D eigenvalue weighted by molar-refractivity contribution is 9.10. The van der Waals surface area contributed by atoms with E-state index in [1.807, 2.05) is 6.92 Å². The molecule has 2 rings (SSSR count). The van der Waals surface area contributed by atoms with Crippen LogP contribution >= 0.6 is 15.9 Å². The standard InChI is InChI=1S/C12H12BrN3O2S/c1-8-7-9(4-5-10(8)13)16-19(17,18)12-11(14)3-2-6-15-12/h2-7,16H,14H2,1H3. The lowest BCUT2D eigenvalue weighted by Gasteiger charge is -2.10. The summed E-state index contributed by atoms with van der Waals surface area (Å²) in [5, 5.41) is -0.171. The molecule has 0 spiro atoms. The fourth-order valence-electron chi connectivity index (χ4n) is 1.54. The van der Waals surface area contributed by atoms with E-state index in [2.05, 4.69) is 25.6 Å². The fourth-order valence-corrected chi connectivity index (χ4v) is 2.90. The van der Waals surface area contributed by atoms with Gasteiger partial charge in [-0.05, 0) is 42.8 Å². The first kappa shape index (κ1) is 13.8. The third-order valence-corrected chi connectivity index (χ3v) is 4.71. The van der Waals surface area contributed by atoms with Gasteiger partial charge in [0.2, 0.25) is 0 Å². The number of aryl methyl sites for hydroxylation is 1. The predicted octanol–water partition coefficient (Wildman–Crippen LogP) is 2.54. The van der Waals surface area contributed by atoms with Crippen LogP contribution in [0.15, 0.2) is 46.0 Å². The molecule has 0 amide bonds. The van der Waals surface area contributed by atoms with Crippen molar-refractivity contribution in [2.75, 3.05) is 10.5 Å². The van der Waals surface area contributed by atoms with Gasteiger partial charge in [-0.2, -0.15) is 8.42 Å². The Kier molecular flexibility index (Phi) is 3.77. The number of nitrogens with two attached hydrogens (primary N) is 1. The van der Waals surface area contributed by atoms with Crippen LogP contribution in [0.1, 0.15) is 5.56 Å². The number of hydrogen-bond donors (Lipinski definition) is 2. The van der Waals surface area contributed by atoms with E-state index in [-0.39, 0.29) is 10.7 Å². The van der Waals surface area contributed by atoms with Crippen LogP contribution in [-0.4, -0.2) is 13.4 Å². The van der Waals surface area contributed by atoms with Gasteiger partial charge >= 0.3 is 0 Å². The minimum atomic E-state index is -3.78. The van der Waals surface area contributed by atoms with Crippen LogP contribution < -0.4 is 10.5 Å². The summed E-state index contributed by atoms with van der Waals surface area (Å²) in [5.41, 5.74) is 7.13. The number of aromatic nitrogens is 1. The molecule has 0 saturated carbocycles. The Balaban J connectivity index is 2.37. The van der Waals surface area contributed by atoms with Gasteiger partial charge in [0.05, 0.1) is 5.69 Å². The number of benzene rings is 1. The molecular weight excluding hydrogens is 330 g/mol. The molecule has 1 heterocycles. The van der Waals surface area contributed by atoms with E-state index >= 15 is 0 Å². The van der Waals surface area contributed by atoms with Gasteiger partial charge in [-0.3, -0.25) is 4.72 Å². The van der Waals surface area contributed by atoms with Crippen molar-refractivity contribution in [2.45, 2.75) is 11.9 Å². The second kappa shape index (κ2) is 5.18. The zero-order valence-electron chi connectivity index (χ0n) is 10.1. The van der Waals surface area contributed by atoms with Crippen LogP contribution in [0.3, 0.4) is 0 Å². The van der Waals surface area contributed by atoms with Crippen molar-refractivity contribution >= 4 is 37.3 Å². The zero-order chi connectivity index (χ0) is 14.0. The highest BCUT2D eigenvalue weighted by atomic mass is 79.9. The van der Waals surface area contributed by atoms with E-state index in [9.17, 15) is 8.42 Å². The third-order valence-electron chi connectivity index (χ3n) is 2.47. The summed E-state index contributed by atoms with van der Waals surface area (Å²) in [5.74, 6) is 0. The molecule has 0 unspecified atom stereocenters. The molecule has 1 aromatic heterocycles. The van der Waals surface area contributed by atoms with E-state index in [4.69, 9.17) is 5.73 Å². The number of anilines is 2. The maximum absolute atomic E-state index is 12.2. The van der Waals surface area contributed by atoms with Crippen molar-refractivity contribution in [3.63, 3.8) is 0 Å². The van der Waals surface area contributed by atoms with Crippen LogP contribution in [0.25, 0.3) is 0 Å². The van der Waals surface area contributed by atoms with Crippen molar-refractivity contribution < 1.29 is 8.42 Å². The molecular formula is C12H12BrN3O2S. The first-order chi connectivity index (χ1) is 8.90. The van der Waals surface area contributed by atoms with Crippen LogP contribution in [0.2, 0.25) is 0 Å². The van der Waals surface area contributed by atoms with Crippen LogP contribution in [0, 0.1) is 6.92 Å². The molecule has 100 valence electrons. The number of rotatable bonds is 3. The Morgan fingerprint density at radius 3 is 2.68 bits per heavy atom. The van der Waals surface area contributed by atoms with Gasteiger partial charge in [0.25, 0.3) is 10.0 Å². The number of nitrogens with one attached hydrogen (secondary N) is 1. The van der Waals surface area contributed by atoms with Crippen molar-refractivity contribution in [1.29, 1.82) is 0 Å². The van der Waals surface area contributed by atoms with Gasteiger partial charge in [0.1, 0.15) is 0 Å². The number of hydrogen-bond acceptors (Lipinski definition) is 4. The molecule has 0 aliphatic rings. The molecule has 7 heteroatoms. The quantitative estimate of drug-likeness (QED) is 0.898. The van der Waals surface area contributed by atoms with Crippen molar-refractivity contribution in [2.24, 2.45) is 0 Å². The molecule has 0 bridgehead atoms. The molecule has 2 aromatic rings. The lowest BCUT2D eigenvalue weighted by Crippen LogP contribution is -2.16. The van der Waals surface area contributed by atoms with Gasteiger partial charge in [-0.15, -0.1) is 0 Å². The number of pyridine rings is 1. The van der Waals surface area contributed by atoms with E-state index in [1.54, 1.807) is 24.3 Å². The normalized spacial score (nSPS) is 11.3. The minimum Gasteiger partial charge on any atom is -0.396 e. The van der Waals surface area contributed by atoms with Gasteiger partial charge in [0.15, 0.2) is 5.03 Å². The van der Waals surface area contributed by atoms with Gasteiger partial charge in [-0.1, -0.05) is 15.9 Å². The van der Waals surface area contributed by atoms with E-state index < -0.39 is 10.0 Å². The Bertz CT molecular complexity index is 717. The molecule has 1 aromatic carbocycles. The monoisotopic (exact) mass is 341 g/mol. The predicted molar refractivity (Wildman–Crippen MR) is 78.3 cm³/mol. The average Bonchev–Trinajstić information content (AvgIpc) is 2.34. The summed E-state index contributed by atoms with van der Waals surface area (Å²) in [6.45, 7) is 1.87. The SMILES string of the molecule is Cc1cc(NS(=O)(=O)c2ncccc2N)ccc1Br. The summed E-state index contributed by atoms with van der Waals surface area (Å²) < 4.78 is 27.7. The maximum Gasteiger partial charge on any atom is 0.281 e. The maximum atomic E-state index is 12.2. The number of nitrogens with zero attached hydrogens (tertiary/aromatic N) is 1. The third kappa shape index (κ3) is 3.05. The molecule has 19 heavy (non-hydrogen) atoms. The van der Waals surface area contributed by atoms with E-state index in [0.29, 0.717) is 5.69 Å². The smallest absolute Gasteiger partial charge is 0.281 e. The zero-order valence-corrected chi connectivity index (χ0v) is 12.5. The highest BCUT2D eigenvalue weighted by Gasteiger charge is 2.18. The largest absolute Gasteiger partial charge is 0.396 e. The summed E-state index contributed by atoms with van der Waals surface area (Å²) in [6, 6.07) is 8.23.